The van der Waals surface area contributed by atoms with Crippen LogP contribution in [0.4, 0.5) is 0 Å². The summed E-state index contributed by atoms with van der Waals surface area (Å²) in [6, 6.07) is 0.742. The Morgan fingerprint density at radius 1 is 1.17 bits per heavy atom. The van der Waals surface area contributed by atoms with Gasteiger partial charge in [0.15, 0.2) is 0 Å². The lowest BCUT2D eigenvalue weighted by molar-refractivity contribution is -0.00136. The van der Waals surface area contributed by atoms with Gasteiger partial charge in [-0.25, -0.2) is 0 Å². The number of hydrogen-bond donors (Lipinski definition) is 1. The SMILES string of the molecule is CCO[C@@H]1CCCN(C[C@H]2CCCC[C@@H]2NC)C1. The smallest absolute Gasteiger partial charge is 0.0702 e. The van der Waals surface area contributed by atoms with Crippen molar-refractivity contribution in [3.63, 3.8) is 0 Å². The molecule has 0 aromatic heterocycles. The van der Waals surface area contributed by atoms with Crippen molar-refractivity contribution in [3.8, 4) is 0 Å². The molecule has 18 heavy (non-hydrogen) atoms. The third-order valence-corrected chi connectivity index (χ3v) is 4.64. The second kappa shape index (κ2) is 7.46. The zero-order valence-electron chi connectivity index (χ0n) is 12.2. The van der Waals surface area contributed by atoms with E-state index >= 15 is 0 Å². The summed E-state index contributed by atoms with van der Waals surface area (Å²) < 4.78 is 5.80. The normalized spacial score (nSPS) is 34.7. The Balaban J connectivity index is 1.80. The molecule has 1 aliphatic carbocycles. The molecule has 3 nitrogen and oxygen atoms in total. The van der Waals surface area contributed by atoms with Crippen LogP contribution in [-0.2, 0) is 4.74 Å². The van der Waals surface area contributed by atoms with Gasteiger partial charge in [0.2, 0.25) is 0 Å². The molecule has 0 radical (unpaired) electrons. The van der Waals surface area contributed by atoms with Crippen molar-refractivity contribution in [2.24, 2.45) is 5.92 Å². The molecule has 0 unspecified atom stereocenters. The van der Waals surface area contributed by atoms with Crippen molar-refractivity contribution < 1.29 is 4.74 Å². The van der Waals surface area contributed by atoms with Gasteiger partial charge in [-0.2, -0.15) is 0 Å². The minimum atomic E-state index is 0.486. The van der Waals surface area contributed by atoms with Crippen molar-refractivity contribution in [2.45, 2.75) is 57.6 Å². The Labute approximate surface area is 112 Å². The quantitative estimate of drug-likeness (QED) is 0.814. The van der Waals surface area contributed by atoms with Crippen LogP contribution in [-0.4, -0.2) is 50.3 Å². The molecule has 1 aliphatic heterocycles. The second-order valence-corrected chi connectivity index (χ2v) is 5.92. The number of ether oxygens (including phenoxy) is 1. The Morgan fingerprint density at radius 3 is 2.78 bits per heavy atom. The number of likely N-dealkylation sites (tertiary alicyclic amines) is 1. The largest absolute Gasteiger partial charge is 0.377 e. The highest BCUT2D eigenvalue weighted by atomic mass is 16.5. The molecule has 3 heteroatoms. The van der Waals surface area contributed by atoms with Crippen LogP contribution in [0.2, 0.25) is 0 Å². The van der Waals surface area contributed by atoms with E-state index in [1.165, 1.54) is 51.6 Å². The summed E-state index contributed by atoms with van der Waals surface area (Å²) in [5, 5.41) is 3.52. The lowest BCUT2D eigenvalue weighted by Crippen LogP contribution is -2.47. The van der Waals surface area contributed by atoms with Crippen LogP contribution in [0.3, 0.4) is 0 Å². The van der Waals surface area contributed by atoms with Crippen LogP contribution in [0.15, 0.2) is 0 Å². The van der Waals surface area contributed by atoms with E-state index in [1.54, 1.807) is 0 Å². The van der Waals surface area contributed by atoms with Crippen molar-refractivity contribution in [2.75, 3.05) is 33.3 Å². The molecule has 2 fully saturated rings. The summed E-state index contributed by atoms with van der Waals surface area (Å²) >= 11 is 0. The summed E-state index contributed by atoms with van der Waals surface area (Å²) in [7, 11) is 2.13. The average molecular weight is 254 g/mol. The molecular formula is C15H30N2O. The van der Waals surface area contributed by atoms with Gasteiger partial charge in [0.1, 0.15) is 0 Å². The maximum absolute atomic E-state index is 5.80. The molecule has 0 amide bonds. The van der Waals surface area contributed by atoms with E-state index in [4.69, 9.17) is 4.74 Å². The van der Waals surface area contributed by atoms with Gasteiger partial charge >= 0.3 is 0 Å². The van der Waals surface area contributed by atoms with Crippen LogP contribution >= 0.6 is 0 Å². The summed E-state index contributed by atoms with van der Waals surface area (Å²) in [4.78, 5) is 2.64. The maximum Gasteiger partial charge on any atom is 0.0702 e. The first-order valence-corrected chi connectivity index (χ1v) is 7.84. The maximum atomic E-state index is 5.80. The standard InChI is InChI=1S/C15H30N2O/c1-3-18-14-8-6-10-17(12-14)11-13-7-4-5-9-15(13)16-2/h13-16H,3-12H2,1-2H3/t13-,14-,15+/m1/s1. The molecule has 0 bridgehead atoms. The Kier molecular flexibility index (Phi) is 5.93. The van der Waals surface area contributed by atoms with Gasteiger partial charge in [0.25, 0.3) is 0 Å². The molecule has 0 aromatic rings. The van der Waals surface area contributed by atoms with Crippen LogP contribution in [0.1, 0.15) is 45.4 Å². The first kappa shape index (κ1) is 14.3. The molecule has 106 valence electrons. The summed E-state index contributed by atoms with van der Waals surface area (Å²) in [6.07, 6.45) is 8.65. The number of piperidine rings is 1. The van der Waals surface area contributed by atoms with Gasteiger partial charge in [0, 0.05) is 25.7 Å². The molecule has 0 aromatic carbocycles. The van der Waals surface area contributed by atoms with Gasteiger partial charge in [-0.1, -0.05) is 12.8 Å². The fraction of sp³-hybridized carbons (Fsp3) is 1.00. The lowest BCUT2D eigenvalue weighted by Gasteiger charge is -2.38. The molecule has 2 rings (SSSR count). The van der Waals surface area contributed by atoms with Crippen LogP contribution in [0.5, 0.6) is 0 Å². The highest BCUT2D eigenvalue weighted by Crippen LogP contribution is 2.26. The minimum absolute atomic E-state index is 0.486. The zero-order valence-corrected chi connectivity index (χ0v) is 12.2. The highest BCUT2D eigenvalue weighted by molar-refractivity contribution is 4.84. The predicted molar refractivity (Wildman–Crippen MR) is 75.9 cm³/mol. The van der Waals surface area contributed by atoms with Gasteiger partial charge in [-0.05, 0) is 52.1 Å². The third kappa shape index (κ3) is 3.94. The van der Waals surface area contributed by atoms with Crippen molar-refractivity contribution in [1.82, 2.24) is 10.2 Å². The van der Waals surface area contributed by atoms with Crippen LogP contribution in [0, 0.1) is 5.92 Å². The summed E-state index contributed by atoms with van der Waals surface area (Å²) in [5.41, 5.74) is 0. The van der Waals surface area contributed by atoms with E-state index < -0.39 is 0 Å². The monoisotopic (exact) mass is 254 g/mol. The number of nitrogens with zero attached hydrogens (tertiary/aromatic N) is 1. The van der Waals surface area contributed by atoms with Crippen molar-refractivity contribution >= 4 is 0 Å². The van der Waals surface area contributed by atoms with Crippen LogP contribution < -0.4 is 5.32 Å². The molecule has 0 spiro atoms. The second-order valence-electron chi connectivity index (χ2n) is 5.92. The Bertz CT molecular complexity index is 233. The van der Waals surface area contributed by atoms with E-state index in [0.29, 0.717) is 6.10 Å². The average Bonchev–Trinajstić information content (AvgIpc) is 2.40. The van der Waals surface area contributed by atoms with E-state index in [0.717, 1.165) is 25.1 Å². The number of hydrogen-bond acceptors (Lipinski definition) is 3. The van der Waals surface area contributed by atoms with Gasteiger partial charge in [0.05, 0.1) is 6.10 Å². The molecule has 1 heterocycles. The van der Waals surface area contributed by atoms with E-state index in [2.05, 4.69) is 24.2 Å². The van der Waals surface area contributed by atoms with Gasteiger partial charge in [-0.3, -0.25) is 0 Å². The third-order valence-electron chi connectivity index (χ3n) is 4.64. The fourth-order valence-corrected chi connectivity index (χ4v) is 3.69. The van der Waals surface area contributed by atoms with E-state index in [-0.39, 0.29) is 0 Å². The van der Waals surface area contributed by atoms with E-state index in [1.807, 2.05) is 0 Å². The van der Waals surface area contributed by atoms with Gasteiger partial charge < -0.3 is 15.0 Å². The molecule has 1 saturated heterocycles. The minimum Gasteiger partial charge on any atom is -0.377 e. The number of nitrogens with one attached hydrogen (secondary N) is 1. The van der Waals surface area contributed by atoms with Gasteiger partial charge in [-0.15, -0.1) is 0 Å². The Hall–Kier alpha value is -0.120. The molecular weight excluding hydrogens is 224 g/mol. The van der Waals surface area contributed by atoms with E-state index in [9.17, 15) is 0 Å². The molecule has 1 N–H and O–H groups in total. The first-order chi connectivity index (χ1) is 8.83. The number of rotatable bonds is 5. The topological polar surface area (TPSA) is 24.5 Å². The zero-order chi connectivity index (χ0) is 12.8. The summed E-state index contributed by atoms with van der Waals surface area (Å²) in [5.74, 6) is 0.851. The first-order valence-electron chi connectivity index (χ1n) is 7.84. The predicted octanol–water partition coefficient (Wildman–Crippen LogP) is 2.27. The molecule has 1 saturated carbocycles. The van der Waals surface area contributed by atoms with Crippen LogP contribution in [0.25, 0.3) is 0 Å². The Morgan fingerprint density at radius 2 is 2.00 bits per heavy atom. The molecule has 2 aliphatic rings. The summed E-state index contributed by atoms with van der Waals surface area (Å²) in [6.45, 7) is 6.67. The lowest BCUT2D eigenvalue weighted by atomic mass is 9.84. The van der Waals surface area contributed by atoms with Crippen molar-refractivity contribution in [3.05, 3.63) is 0 Å². The fourth-order valence-electron chi connectivity index (χ4n) is 3.69. The van der Waals surface area contributed by atoms with Crippen molar-refractivity contribution in [1.29, 1.82) is 0 Å². The molecule has 3 atom stereocenters. The highest BCUT2D eigenvalue weighted by Gasteiger charge is 2.28.